The third kappa shape index (κ3) is 2.29. The van der Waals surface area contributed by atoms with Crippen LogP contribution >= 0.6 is 0 Å². The van der Waals surface area contributed by atoms with Crippen molar-refractivity contribution < 1.29 is 4.79 Å². The van der Waals surface area contributed by atoms with E-state index in [9.17, 15) is 9.59 Å². The standard InChI is InChI=1S/C14H13N5O2/c1-8-4-3-5-19-12(8)15-7-10(14(19)21)13(20)16-11-6-9(2)17-18-11/h3-7H,1-2H3,(H2,16,17,18,20). The summed E-state index contributed by atoms with van der Waals surface area (Å²) < 4.78 is 1.36. The van der Waals surface area contributed by atoms with Gasteiger partial charge in [-0.25, -0.2) is 4.98 Å². The summed E-state index contributed by atoms with van der Waals surface area (Å²) in [5.41, 5.74) is 1.78. The van der Waals surface area contributed by atoms with Crippen LogP contribution in [-0.2, 0) is 0 Å². The molecule has 0 radical (unpaired) electrons. The summed E-state index contributed by atoms with van der Waals surface area (Å²) in [6, 6.07) is 5.27. The highest BCUT2D eigenvalue weighted by atomic mass is 16.2. The Labute approximate surface area is 119 Å². The molecule has 106 valence electrons. The van der Waals surface area contributed by atoms with Crippen LogP contribution in [0.4, 0.5) is 5.82 Å². The van der Waals surface area contributed by atoms with Gasteiger partial charge in [0.25, 0.3) is 11.5 Å². The lowest BCUT2D eigenvalue weighted by atomic mass is 10.2. The molecule has 3 aromatic rings. The number of H-pyrrole nitrogens is 1. The zero-order valence-corrected chi connectivity index (χ0v) is 11.5. The number of fused-ring (bicyclic) bond motifs is 1. The molecule has 1 amide bonds. The van der Waals surface area contributed by atoms with Crippen LogP contribution in [0, 0.1) is 13.8 Å². The predicted molar refractivity (Wildman–Crippen MR) is 77.5 cm³/mol. The van der Waals surface area contributed by atoms with Crippen LogP contribution in [0.3, 0.4) is 0 Å². The van der Waals surface area contributed by atoms with E-state index in [4.69, 9.17) is 0 Å². The molecule has 7 nitrogen and oxygen atoms in total. The zero-order valence-electron chi connectivity index (χ0n) is 11.5. The SMILES string of the molecule is Cc1cc(NC(=O)c2cnc3c(C)cccn3c2=O)n[nH]1. The second-order valence-electron chi connectivity index (χ2n) is 4.75. The predicted octanol–water partition coefficient (Wildman–Crippen LogP) is 1.29. The van der Waals surface area contributed by atoms with E-state index in [-0.39, 0.29) is 5.56 Å². The van der Waals surface area contributed by atoms with Crippen molar-refractivity contribution in [1.29, 1.82) is 0 Å². The number of carbonyl (C=O) groups excluding carboxylic acids is 1. The minimum Gasteiger partial charge on any atom is -0.305 e. The molecule has 0 saturated carbocycles. The molecule has 0 fully saturated rings. The van der Waals surface area contributed by atoms with Gasteiger partial charge in [0.1, 0.15) is 11.2 Å². The Balaban J connectivity index is 2.03. The van der Waals surface area contributed by atoms with E-state index in [2.05, 4.69) is 20.5 Å². The van der Waals surface area contributed by atoms with Crippen LogP contribution < -0.4 is 10.9 Å². The first kappa shape index (κ1) is 13.0. The minimum absolute atomic E-state index is 0.0289. The largest absolute Gasteiger partial charge is 0.305 e. The molecule has 0 aliphatic rings. The first-order chi connectivity index (χ1) is 10.1. The summed E-state index contributed by atoms with van der Waals surface area (Å²) in [5.74, 6) is -0.166. The molecule has 0 spiro atoms. The van der Waals surface area contributed by atoms with Crippen LogP contribution in [0.5, 0.6) is 0 Å². The highest BCUT2D eigenvalue weighted by molar-refractivity contribution is 6.03. The van der Waals surface area contributed by atoms with Crippen LogP contribution in [0.15, 0.2) is 35.4 Å². The van der Waals surface area contributed by atoms with Gasteiger partial charge in [-0.2, -0.15) is 5.10 Å². The zero-order chi connectivity index (χ0) is 15.0. The van der Waals surface area contributed by atoms with Crippen LogP contribution in [0.25, 0.3) is 5.65 Å². The van der Waals surface area contributed by atoms with E-state index in [1.54, 1.807) is 18.3 Å². The number of anilines is 1. The van der Waals surface area contributed by atoms with Gasteiger partial charge in [0.15, 0.2) is 5.82 Å². The maximum Gasteiger partial charge on any atom is 0.270 e. The first-order valence-electron chi connectivity index (χ1n) is 6.36. The number of aryl methyl sites for hydroxylation is 2. The van der Waals surface area contributed by atoms with Crippen molar-refractivity contribution in [2.45, 2.75) is 13.8 Å². The van der Waals surface area contributed by atoms with Gasteiger partial charge in [0, 0.05) is 24.2 Å². The summed E-state index contributed by atoms with van der Waals surface area (Å²) in [6.07, 6.45) is 2.88. The molecule has 2 N–H and O–H groups in total. The maximum atomic E-state index is 12.4. The molecule has 0 aliphatic carbocycles. The Morgan fingerprint density at radius 2 is 2.19 bits per heavy atom. The van der Waals surface area contributed by atoms with E-state index >= 15 is 0 Å². The maximum absolute atomic E-state index is 12.4. The lowest BCUT2D eigenvalue weighted by Gasteiger charge is -2.05. The molecule has 7 heteroatoms. The van der Waals surface area contributed by atoms with Crippen molar-refractivity contribution in [2.75, 3.05) is 5.32 Å². The number of hydrogen-bond donors (Lipinski definition) is 2. The molecular weight excluding hydrogens is 270 g/mol. The van der Waals surface area contributed by atoms with Crippen LogP contribution in [0.1, 0.15) is 21.6 Å². The molecule has 0 aliphatic heterocycles. The van der Waals surface area contributed by atoms with E-state index < -0.39 is 11.5 Å². The fraction of sp³-hybridized carbons (Fsp3) is 0.143. The quantitative estimate of drug-likeness (QED) is 0.741. The highest BCUT2D eigenvalue weighted by Crippen LogP contribution is 2.07. The average Bonchev–Trinajstić information content (AvgIpc) is 2.85. The molecule has 0 saturated heterocycles. The normalized spacial score (nSPS) is 10.8. The van der Waals surface area contributed by atoms with Crippen LogP contribution in [-0.4, -0.2) is 25.5 Å². The van der Waals surface area contributed by atoms with Crippen molar-refractivity contribution in [3.63, 3.8) is 0 Å². The molecular formula is C14H13N5O2. The fourth-order valence-corrected chi connectivity index (χ4v) is 2.07. The number of pyridine rings is 1. The summed E-state index contributed by atoms with van der Waals surface area (Å²) in [7, 11) is 0. The van der Waals surface area contributed by atoms with Gasteiger partial charge >= 0.3 is 0 Å². The molecule has 3 heterocycles. The number of hydrogen-bond acceptors (Lipinski definition) is 4. The number of carbonyl (C=O) groups is 1. The smallest absolute Gasteiger partial charge is 0.270 e. The second kappa shape index (κ2) is 4.86. The summed E-state index contributed by atoms with van der Waals surface area (Å²) in [4.78, 5) is 28.7. The lowest BCUT2D eigenvalue weighted by Crippen LogP contribution is -2.27. The van der Waals surface area contributed by atoms with E-state index in [1.165, 1.54) is 10.6 Å². The van der Waals surface area contributed by atoms with Crippen molar-refractivity contribution in [1.82, 2.24) is 19.6 Å². The third-order valence-electron chi connectivity index (χ3n) is 3.12. The number of aromatic nitrogens is 4. The van der Waals surface area contributed by atoms with Gasteiger partial charge in [-0.1, -0.05) is 6.07 Å². The Morgan fingerprint density at radius 1 is 1.38 bits per heavy atom. The van der Waals surface area contributed by atoms with Gasteiger partial charge in [-0.05, 0) is 25.5 Å². The summed E-state index contributed by atoms with van der Waals surface area (Å²) in [6.45, 7) is 3.67. The van der Waals surface area contributed by atoms with Crippen molar-refractivity contribution in [2.24, 2.45) is 0 Å². The first-order valence-corrected chi connectivity index (χ1v) is 6.36. The van der Waals surface area contributed by atoms with Gasteiger partial charge < -0.3 is 5.32 Å². The monoisotopic (exact) mass is 283 g/mol. The number of amides is 1. The van der Waals surface area contributed by atoms with Gasteiger partial charge in [-0.15, -0.1) is 0 Å². The molecule has 0 aromatic carbocycles. The fourth-order valence-electron chi connectivity index (χ4n) is 2.07. The molecule has 21 heavy (non-hydrogen) atoms. The lowest BCUT2D eigenvalue weighted by molar-refractivity contribution is 0.102. The third-order valence-corrected chi connectivity index (χ3v) is 3.12. The topological polar surface area (TPSA) is 92.2 Å². The number of nitrogens with zero attached hydrogens (tertiary/aromatic N) is 3. The van der Waals surface area contributed by atoms with Crippen molar-refractivity contribution in [3.05, 3.63) is 57.8 Å². The van der Waals surface area contributed by atoms with Gasteiger partial charge in [0.05, 0.1) is 0 Å². The number of aromatic amines is 1. The van der Waals surface area contributed by atoms with E-state index in [1.807, 2.05) is 19.9 Å². The number of nitrogens with one attached hydrogen (secondary N) is 2. The van der Waals surface area contributed by atoms with Gasteiger partial charge in [0.2, 0.25) is 0 Å². The number of rotatable bonds is 2. The molecule has 3 aromatic heterocycles. The highest BCUT2D eigenvalue weighted by Gasteiger charge is 2.15. The Bertz CT molecular complexity index is 894. The molecule has 0 bridgehead atoms. The van der Waals surface area contributed by atoms with Crippen molar-refractivity contribution in [3.8, 4) is 0 Å². The Hall–Kier alpha value is -2.96. The summed E-state index contributed by atoms with van der Waals surface area (Å²) in [5, 5.41) is 9.18. The Kier molecular flexibility index (Phi) is 3.02. The van der Waals surface area contributed by atoms with Crippen molar-refractivity contribution >= 4 is 17.4 Å². The average molecular weight is 283 g/mol. The van der Waals surface area contributed by atoms with Crippen LogP contribution in [0.2, 0.25) is 0 Å². The molecule has 0 atom stereocenters. The van der Waals surface area contributed by atoms with E-state index in [0.717, 1.165) is 11.3 Å². The second-order valence-corrected chi connectivity index (χ2v) is 4.75. The molecule has 3 rings (SSSR count). The molecule has 0 unspecified atom stereocenters. The van der Waals surface area contributed by atoms with E-state index in [0.29, 0.717) is 11.5 Å². The Morgan fingerprint density at radius 3 is 2.90 bits per heavy atom. The summed E-state index contributed by atoms with van der Waals surface area (Å²) >= 11 is 0. The minimum atomic E-state index is -0.532. The van der Waals surface area contributed by atoms with Gasteiger partial charge in [-0.3, -0.25) is 19.1 Å².